The van der Waals surface area contributed by atoms with E-state index < -0.39 is 6.10 Å². The van der Waals surface area contributed by atoms with E-state index in [9.17, 15) is 10.2 Å². The molecule has 0 aliphatic heterocycles. The predicted octanol–water partition coefficient (Wildman–Crippen LogP) is 2.48. The quantitative estimate of drug-likeness (QED) is 0.786. The van der Waals surface area contributed by atoms with Crippen LogP contribution in [0, 0.1) is 0 Å². The molecular formula is C19H25NO3. The molecule has 0 heterocycles. The third-order valence-electron chi connectivity index (χ3n) is 3.57. The molecule has 0 bridgehead atoms. The average molecular weight is 315 g/mol. The third-order valence-corrected chi connectivity index (χ3v) is 3.57. The number of aromatic hydroxyl groups is 1. The number of nitrogens with zero attached hydrogens (tertiary/aromatic N) is 1. The third kappa shape index (κ3) is 5.93. The van der Waals surface area contributed by atoms with Gasteiger partial charge in [0.15, 0.2) is 0 Å². The van der Waals surface area contributed by atoms with Crippen LogP contribution in [-0.2, 0) is 12.8 Å². The number of rotatable bonds is 8. The zero-order valence-corrected chi connectivity index (χ0v) is 13.8. The molecule has 124 valence electrons. The molecular weight excluding hydrogens is 290 g/mol. The van der Waals surface area contributed by atoms with Crippen molar-refractivity contribution < 1.29 is 14.9 Å². The van der Waals surface area contributed by atoms with Crippen LogP contribution in [0.4, 0.5) is 0 Å². The Morgan fingerprint density at radius 1 is 1.04 bits per heavy atom. The Kier molecular flexibility index (Phi) is 6.44. The monoisotopic (exact) mass is 315 g/mol. The van der Waals surface area contributed by atoms with Crippen molar-refractivity contribution in [1.29, 1.82) is 0 Å². The Morgan fingerprint density at radius 3 is 2.57 bits per heavy atom. The summed E-state index contributed by atoms with van der Waals surface area (Å²) in [4.78, 5) is 1.93. The van der Waals surface area contributed by atoms with Crippen molar-refractivity contribution >= 4 is 0 Å². The minimum Gasteiger partial charge on any atom is -0.508 e. The maximum atomic E-state index is 9.92. The molecule has 0 saturated carbocycles. The number of phenolic OH excluding ortho intramolecular Hbond substituents is 1. The van der Waals surface area contributed by atoms with Crippen LogP contribution in [0.5, 0.6) is 11.5 Å². The highest BCUT2D eigenvalue weighted by Gasteiger charge is 2.09. The number of para-hydroxylation sites is 1. The maximum absolute atomic E-state index is 9.92. The minimum atomic E-state index is -0.510. The second-order valence-corrected chi connectivity index (χ2v) is 6.00. The number of aryl methyl sites for hydroxylation is 2. The number of benzene rings is 2. The number of ether oxygens (including phenoxy) is 1. The Bertz CT molecular complexity index is 613. The highest BCUT2D eigenvalue weighted by atomic mass is 16.5. The molecule has 1 atom stereocenters. The molecule has 0 amide bonds. The largest absolute Gasteiger partial charge is 0.508 e. The van der Waals surface area contributed by atoms with E-state index in [0.29, 0.717) is 12.3 Å². The van der Waals surface area contributed by atoms with Gasteiger partial charge in [-0.1, -0.05) is 30.3 Å². The lowest BCUT2D eigenvalue weighted by Gasteiger charge is -2.18. The molecule has 2 N–H and O–H groups in total. The summed E-state index contributed by atoms with van der Waals surface area (Å²) >= 11 is 0. The van der Waals surface area contributed by atoms with Crippen molar-refractivity contribution in [3.63, 3.8) is 0 Å². The fourth-order valence-corrected chi connectivity index (χ4v) is 2.50. The van der Waals surface area contributed by atoms with Gasteiger partial charge in [-0.2, -0.15) is 0 Å². The van der Waals surface area contributed by atoms with Crippen molar-refractivity contribution in [1.82, 2.24) is 4.90 Å². The van der Waals surface area contributed by atoms with Crippen LogP contribution >= 0.6 is 0 Å². The normalized spacial score (nSPS) is 12.3. The SMILES string of the molecule is CN(C)CC(O)COc1ccccc1CCc1cccc(O)c1. The van der Waals surface area contributed by atoms with Gasteiger partial charge in [0, 0.05) is 6.54 Å². The van der Waals surface area contributed by atoms with Crippen LogP contribution in [0.15, 0.2) is 48.5 Å². The molecule has 0 radical (unpaired) electrons. The van der Waals surface area contributed by atoms with E-state index in [0.717, 1.165) is 29.7 Å². The molecule has 4 nitrogen and oxygen atoms in total. The van der Waals surface area contributed by atoms with Gasteiger partial charge < -0.3 is 19.8 Å². The van der Waals surface area contributed by atoms with Gasteiger partial charge >= 0.3 is 0 Å². The molecule has 2 rings (SSSR count). The number of hydrogen-bond donors (Lipinski definition) is 2. The van der Waals surface area contributed by atoms with Crippen LogP contribution in [0.1, 0.15) is 11.1 Å². The summed E-state index contributed by atoms with van der Waals surface area (Å²) in [6.07, 6.45) is 1.14. The summed E-state index contributed by atoms with van der Waals surface area (Å²) < 4.78 is 5.79. The lowest BCUT2D eigenvalue weighted by Crippen LogP contribution is -2.30. The smallest absolute Gasteiger partial charge is 0.122 e. The van der Waals surface area contributed by atoms with Crippen LogP contribution < -0.4 is 4.74 Å². The number of aliphatic hydroxyl groups excluding tert-OH is 1. The van der Waals surface area contributed by atoms with Gasteiger partial charge in [0.2, 0.25) is 0 Å². The molecule has 0 fully saturated rings. The molecule has 0 aliphatic rings. The van der Waals surface area contributed by atoms with Crippen LogP contribution in [0.25, 0.3) is 0 Å². The van der Waals surface area contributed by atoms with Gasteiger partial charge in [-0.15, -0.1) is 0 Å². The zero-order chi connectivity index (χ0) is 16.7. The molecule has 2 aromatic rings. The standard InChI is InChI=1S/C19H25NO3/c1-20(2)13-18(22)14-23-19-9-4-3-7-16(19)11-10-15-6-5-8-17(21)12-15/h3-9,12,18,21-22H,10-11,13-14H2,1-2H3. The zero-order valence-electron chi connectivity index (χ0n) is 13.8. The summed E-state index contributed by atoms with van der Waals surface area (Å²) in [6.45, 7) is 0.854. The molecule has 0 saturated heterocycles. The number of likely N-dealkylation sites (N-methyl/N-ethyl adjacent to an activating group) is 1. The van der Waals surface area contributed by atoms with Crippen LogP contribution in [0.2, 0.25) is 0 Å². The number of aliphatic hydroxyl groups is 1. The van der Waals surface area contributed by atoms with Gasteiger partial charge in [0.1, 0.15) is 24.2 Å². The summed E-state index contributed by atoms with van der Waals surface area (Å²) in [6, 6.07) is 15.2. The van der Waals surface area contributed by atoms with Crippen LogP contribution in [0.3, 0.4) is 0 Å². The van der Waals surface area contributed by atoms with Crippen molar-refractivity contribution in [3.8, 4) is 11.5 Å². The van der Waals surface area contributed by atoms with Gasteiger partial charge in [0.05, 0.1) is 0 Å². The van der Waals surface area contributed by atoms with Crippen molar-refractivity contribution in [2.45, 2.75) is 18.9 Å². The minimum absolute atomic E-state index is 0.279. The summed E-state index contributed by atoms with van der Waals surface area (Å²) in [5, 5.41) is 19.4. The van der Waals surface area contributed by atoms with Gasteiger partial charge in [-0.3, -0.25) is 0 Å². The number of hydrogen-bond acceptors (Lipinski definition) is 4. The van der Waals surface area contributed by atoms with E-state index in [4.69, 9.17) is 4.74 Å². The first kappa shape index (κ1) is 17.3. The first-order valence-electron chi connectivity index (χ1n) is 7.86. The highest BCUT2D eigenvalue weighted by molar-refractivity contribution is 5.35. The first-order chi connectivity index (χ1) is 11.0. The Hall–Kier alpha value is -2.04. The van der Waals surface area contributed by atoms with E-state index in [-0.39, 0.29) is 6.61 Å². The fourth-order valence-electron chi connectivity index (χ4n) is 2.50. The lowest BCUT2D eigenvalue weighted by atomic mass is 10.0. The molecule has 0 spiro atoms. The van der Waals surface area contributed by atoms with E-state index in [2.05, 4.69) is 0 Å². The summed E-state index contributed by atoms with van der Waals surface area (Å²) in [5.74, 6) is 1.10. The summed E-state index contributed by atoms with van der Waals surface area (Å²) in [7, 11) is 3.85. The van der Waals surface area contributed by atoms with E-state index in [1.807, 2.05) is 55.4 Å². The van der Waals surface area contributed by atoms with E-state index >= 15 is 0 Å². The van der Waals surface area contributed by atoms with Gasteiger partial charge in [-0.05, 0) is 56.3 Å². The van der Waals surface area contributed by atoms with Gasteiger partial charge in [-0.25, -0.2) is 0 Å². The van der Waals surface area contributed by atoms with Crippen molar-refractivity contribution in [2.75, 3.05) is 27.2 Å². The maximum Gasteiger partial charge on any atom is 0.122 e. The highest BCUT2D eigenvalue weighted by Crippen LogP contribution is 2.21. The van der Waals surface area contributed by atoms with Gasteiger partial charge in [0.25, 0.3) is 0 Å². The second-order valence-electron chi connectivity index (χ2n) is 6.00. The summed E-state index contributed by atoms with van der Waals surface area (Å²) in [5.41, 5.74) is 2.19. The molecule has 0 aromatic heterocycles. The van der Waals surface area contributed by atoms with E-state index in [1.54, 1.807) is 12.1 Å². The Labute approximate surface area is 138 Å². The fraction of sp³-hybridized carbons (Fsp3) is 0.368. The Balaban J connectivity index is 1.94. The molecule has 23 heavy (non-hydrogen) atoms. The lowest BCUT2D eigenvalue weighted by molar-refractivity contribution is 0.0827. The molecule has 4 heteroatoms. The van der Waals surface area contributed by atoms with Crippen LogP contribution in [-0.4, -0.2) is 48.5 Å². The van der Waals surface area contributed by atoms with Crippen molar-refractivity contribution in [3.05, 3.63) is 59.7 Å². The topological polar surface area (TPSA) is 52.9 Å². The Morgan fingerprint density at radius 2 is 1.83 bits per heavy atom. The average Bonchev–Trinajstić information content (AvgIpc) is 2.51. The second kappa shape index (κ2) is 8.56. The molecule has 0 aliphatic carbocycles. The molecule has 1 unspecified atom stereocenters. The number of phenols is 1. The predicted molar refractivity (Wildman–Crippen MR) is 92.0 cm³/mol. The van der Waals surface area contributed by atoms with E-state index in [1.165, 1.54) is 0 Å². The van der Waals surface area contributed by atoms with Crippen molar-refractivity contribution in [2.24, 2.45) is 0 Å². The molecule has 2 aromatic carbocycles. The first-order valence-corrected chi connectivity index (χ1v) is 7.86.